The number of amides is 1. The molecule has 3 rings (SSSR count). The van der Waals surface area contributed by atoms with Gasteiger partial charge >= 0.3 is 0 Å². The molecule has 0 aliphatic heterocycles. The molecule has 7 heteroatoms. The largest absolute Gasteiger partial charge is 0.495 e. The van der Waals surface area contributed by atoms with Crippen molar-refractivity contribution in [2.24, 2.45) is 0 Å². The van der Waals surface area contributed by atoms with E-state index >= 15 is 0 Å². The first kappa shape index (κ1) is 14.0. The summed E-state index contributed by atoms with van der Waals surface area (Å²) in [5.74, 6) is 0.412. The first-order chi connectivity index (χ1) is 10.6. The fourth-order valence-electron chi connectivity index (χ4n) is 2.22. The number of hydrogen-bond acceptors (Lipinski definition) is 5. The Balaban J connectivity index is 2.20. The number of aromatic nitrogens is 4. The van der Waals surface area contributed by atoms with Crippen LogP contribution in [0, 0.1) is 6.92 Å². The third kappa shape index (κ3) is 2.26. The van der Waals surface area contributed by atoms with Gasteiger partial charge in [-0.15, -0.1) is 0 Å². The Kier molecular flexibility index (Phi) is 3.46. The average molecular weight is 297 g/mol. The van der Waals surface area contributed by atoms with Crippen molar-refractivity contribution in [1.29, 1.82) is 0 Å². The molecule has 0 unspecified atom stereocenters. The van der Waals surface area contributed by atoms with Crippen LogP contribution in [0.3, 0.4) is 0 Å². The quantitative estimate of drug-likeness (QED) is 0.791. The maximum Gasteiger partial charge on any atom is 0.271 e. The highest BCUT2D eigenvalue weighted by Gasteiger charge is 2.15. The Morgan fingerprint density at radius 2 is 2.09 bits per heavy atom. The Morgan fingerprint density at radius 1 is 1.27 bits per heavy atom. The number of rotatable bonds is 3. The predicted molar refractivity (Wildman–Crippen MR) is 80.9 cm³/mol. The molecule has 0 aromatic carbocycles. The van der Waals surface area contributed by atoms with Crippen LogP contribution in [0.15, 0.2) is 30.7 Å². The van der Waals surface area contributed by atoms with Crippen LogP contribution in [-0.2, 0) is 0 Å². The molecule has 7 nitrogen and oxygen atoms in total. The number of pyridine rings is 1. The Morgan fingerprint density at radius 3 is 2.82 bits per heavy atom. The zero-order chi connectivity index (χ0) is 15.7. The lowest BCUT2D eigenvalue weighted by Gasteiger charge is -2.07. The number of hydrogen-bond donors (Lipinski definition) is 1. The summed E-state index contributed by atoms with van der Waals surface area (Å²) in [5.41, 5.74) is 3.46. The van der Waals surface area contributed by atoms with Crippen molar-refractivity contribution >= 4 is 11.6 Å². The second-order valence-electron chi connectivity index (χ2n) is 4.78. The lowest BCUT2D eigenvalue weighted by atomic mass is 10.1. The van der Waals surface area contributed by atoms with Crippen molar-refractivity contribution in [3.63, 3.8) is 0 Å². The molecule has 0 spiro atoms. The van der Waals surface area contributed by atoms with Crippen LogP contribution in [0.25, 0.3) is 16.9 Å². The van der Waals surface area contributed by atoms with E-state index in [1.165, 1.54) is 6.20 Å². The van der Waals surface area contributed by atoms with E-state index in [2.05, 4.69) is 20.4 Å². The maximum atomic E-state index is 11.9. The van der Waals surface area contributed by atoms with Crippen LogP contribution in [0.5, 0.6) is 5.75 Å². The van der Waals surface area contributed by atoms with Gasteiger partial charge in [0, 0.05) is 18.8 Å². The van der Waals surface area contributed by atoms with E-state index in [0.29, 0.717) is 22.8 Å². The molecule has 3 aromatic rings. The molecule has 3 heterocycles. The minimum Gasteiger partial charge on any atom is -0.495 e. The number of nitrogens with one attached hydrogen (secondary N) is 1. The van der Waals surface area contributed by atoms with Crippen LogP contribution in [-0.4, -0.2) is 39.6 Å². The van der Waals surface area contributed by atoms with E-state index in [1.807, 2.05) is 19.1 Å². The van der Waals surface area contributed by atoms with E-state index in [0.717, 1.165) is 11.1 Å². The number of ether oxygens (including phenoxy) is 1. The third-order valence-corrected chi connectivity index (χ3v) is 3.36. The van der Waals surface area contributed by atoms with Crippen LogP contribution < -0.4 is 10.1 Å². The molecule has 0 bridgehead atoms. The van der Waals surface area contributed by atoms with Crippen LogP contribution in [0.4, 0.5) is 0 Å². The molecule has 0 radical (unpaired) electrons. The highest BCUT2D eigenvalue weighted by atomic mass is 16.5. The fourth-order valence-corrected chi connectivity index (χ4v) is 2.22. The van der Waals surface area contributed by atoms with Crippen LogP contribution in [0.1, 0.15) is 16.1 Å². The minimum absolute atomic E-state index is 0.236. The lowest BCUT2D eigenvalue weighted by Crippen LogP contribution is -2.20. The highest BCUT2D eigenvalue weighted by molar-refractivity contribution is 5.93. The van der Waals surface area contributed by atoms with E-state index in [4.69, 9.17) is 4.74 Å². The summed E-state index contributed by atoms with van der Waals surface area (Å²) >= 11 is 0. The standard InChI is InChI=1S/C15H15N5O2/c1-9-4-12(10-5-11(22-3)7-17-6-10)19-20-13(15(21)16-2)8-18-14(9)20/h4-8H,1-3H3,(H,16,21). The van der Waals surface area contributed by atoms with Gasteiger partial charge in [-0.3, -0.25) is 9.78 Å². The monoisotopic (exact) mass is 297 g/mol. The van der Waals surface area contributed by atoms with Gasteiger partial charge in [0.1, 0.15) is 11.4 Å². The summed E-state index contributed by atoms with van der Waals surface area (Å²) in [6, 6.07) is 3.75. The molecule has 0 fully saturated rings. The van der Waals surface area contributed by atoms with E-state index in [-0.39, 0.29) is 5.91 Å². The Hall–Kier alpha value is -2.96. The number of nitrogens with zero attached hydrogens (tertiary/aromatic N) is 4. The summed E-state index contributed by atoms with van der Waals surface area (Å²) < 4.78 is 6.73. The molecule has 0 saturated heterocycles. The molecular formula is C15H15N5O2. The lowest BCUT2D eigenvalue weighted by molar-refractivity contribution is 0.0956. The van der Waals surface area contributed by atoms with Gasteiger partial charge in [0.15, 0.2) is 5.65 Å². The Bertz CT molecular complexity index is 856. The highest BCUT2D eigenvalue weighted by Crippen LogP contribution is 2.23. The molecule has 112 valence electrons. The topological polar surface area (TPSA) is 81.4 Å². The molecule has 3 aromatic heterocycles. The zero-order valence-corrected chi connectivity index (χ0v) is 12.5. The van der Waals surface area contributed by atoms with E-state index in [1.54, 1.807) is 31.1 Å². The van der Waals surface area contributed by atoms with Gasteiger partial charge in [0.25, 0.3) is 5.91 Å². The summed E-state index contributed by atoms with van der Waals surface area (Å²) in [7, 11) is 3.16. The molecular weight excluding hydrogens is 282 g/mol. The smallest absolute Gasteiger partial charge is 0.271 e. The molecule has 0 saturated carbocycles. The molecule has 1 N–H and O–H groups in total. The first-order valence-electron chi connectivity index (χ1n) is 6.71. The van der Waals surface area contributed by atoms with Gasteiger partial charge < -0.3 is 10.1 Å². The maximum absolute atomic E-state index is 11.9. The molecule has 22 heavy (non-hydrogen) atoms. The van der Waals surface area contributed by atoms with Gasteiger partial charge in [-0.25, -0.2) is 9.50 Å². The van der Waals surface area contributed by atoms with Crippen molar-refractivity contribution in [2.45, 2.75) is 6.92 Å². The van der Waals surface area contributed by atoms with Crippen molar-refractivity contribution in [2.75, 3.05) is 14.2 Å². The fraction of sp³-hybridized carbons (Fsp3) is 0.200. The molecule has 1 amide bonds. The molecule has 0 aliphatic rings. The van der Waals surface area contributed by atoms with Crippen molar-refractivity contribution in [3.05, 3.63) is 42.0 Å². The van der Waals surface area contributed by atoms with Crippen molar-refractivity contribution in [3.8, 4) is 17.0 Å². The average Bonchev–Trinajstić information content (AvgIpc) is 2.98. The summed E-state index contributed by atoms with van der Waals surface area (Å²) in [5, 5.41) is 7.09. The Labute approximate surface area is 127 Å². The normalized spacial score (nSPS) is 10.7. The molecule has 0 atom stereocenters. The second-order valence-corrected chi connectivity index (χ2v) is 4.78. The first-order valence-corrected chi connectivity index (χ1v) is 6.71. The van der Waals surface area contributed by atoms with E-state index < -0.39 is 0 Å². The van der Waals surface area contributed by atoms with Crippen molar-refractivity contribution in [1.82, 2.24) is 24.9 Å². The van der Waals surface area contributed by atoms with E-state index in [9.17, 15) is 4.79 Å². The number of aryl methyl sites for hydroxylation is 1. The summed E-state index contributed by atoms with van der Waals surface area (Å²) in [6.07, 6.45) is 4.84. The van der Waals surface area contributed by atoms with Gasteiger partial charge in [-0.2, -0.15) is 5.10 Å². The van der Waals surface area contributed by atoms with Gasteiger partial charge in [-0.1, -0.05) is 0 Å². The van der Waals surface area contributed by atoms with Gasteiger partial charge in [-0.05, 0) is 24.6 Å². The number of carbonyl (C=O) groups excluding carboxylic acids is 1. The third-order valence-electron chi connectivity index (χ3n) is 3.36. The molecule has 0 aliphatic carbocycles. The number of methoxy groups -OCH3 is 1. The van der Waals surface area contributed by atoms with Crippen LogP contribution >= 0.6 is 0 Å². The predicted octanol–water partition coefficient (Wildman–Crippen LogP) is 1.47. The van der Waals surface area contributed by atoms with Gasteiger partial charge in [0.2, 0.25) is 0 Å². The second kappa shape index (κ2) is 5.44. The summed E-state index contributed by atoms with van der Waals surface area (Å²) in [6.45, 7) is 1.93. The van der Waals surface area contributed by atoms with Crippen molar-refractivity contribution < 1.29 is 9.53 Å². The number of carbonyl (C=O) groups is 1. The summed E-state index contributed by atoms with van der Waals surface area (Å²) in [4.78, 5) is 20.3. The SMILES string of the molecule is CNC(=O)c1cnc2c(C)cc(-c3cncc(OC)c3)nn12. The number of imidazole rings is 1. The van der Waals surface area contributed by atoms with Crippen LogP contribution in [0.2, 0.25) is 0 Å². The minimum atomic E-state index is -0.236. The van der Waals surface area contributed by atoms with Gasteiger partial charge in [0.05, 0.1) is 25.2 Å². The zero-order valence-electron chi connectivity index (χ0n) is 12.5. The number of fused-ring (bicyclic) bond motifs is 1.